The van der Waals surface area contributed by atoms with Crippen LogP contribution in [0.2, 0.25) is 0 Å². The number of carbonyl (C=O) groups excluding carboxylic acids is 1. The Labute approximate surface area is 84.6 Å². The highest BCUT2D eigenvalue weighted by molar-refractivity contribution is 5.78. The van der Waals surface area contributed by atoms with Crippen LogP contribution in [0, 0.1) is 5.41 Å². The minimum Gasteiger partial charge on any atom is -0.469 e. The molecule has 0 spiro atoms. The second kappa shape index (κ2) is 3.51. The van der Waals surface area contributed by atoms with Gasteiger partial charge in [-0.2, -0.15) is 0 Å². The number of likely N-dealkylation sites (tertiary alicyclic amines) is 1. The third-order valence-corrected chi connectivity index (χ3v) is 3.76. The molecule has 14 heavy (non-hydrogen) atoms. The normalized spacial score (nSPS) is 38.0. The summed E-state index contributed by atoms with van der Waals surface area (Å²) in [6, 6.07) is 0.323. The van der Waals surface area contributed by atoms with E-state index in [1.165, 1.54) is 7.11 Å². The van der Waals surface area contributed by atoms with Gasteiger partial charge in [0.25, 0.3) is 0 Å². The van der Waals surface area contributed by atoms with E-state index in [0.29, 0.717) is 6.04 Å². The third-order valence-electron chi connectivity index (χ3n) is 3.76. The molecule has 0 bridgehead atoms. The van der Waals surface area contributed by atoms with Crippen LogP contribution in [0.5, 0.6) is 0 Å². The summed E-state index contributed by atoms with van der Waals surface area (Å²) in [5, 5.41) is 3.34. The summed E-state index contributed by atoms with van der Waals surface area (Å²) < 4.78 is 4.95. The zero-order valence-electron chi connectivity index (χ0n) is 8.88. The number of rotatable bonds is 1. The van der Waals surface area contributed by atoms with Gasteiger partial charge < -0.3 is 15.0 Å². The summed E-state index contributed by atoms with van der Waals surface area (Å²) in [5.41, 5.74) is -0.227. The first-order chi connectivity index (χ1) is 6.70. The molecule has 2 aliphatic rings. The maximum Gasteiger partial charge on any atom is 0.313 e. The highest BCUT2D eigenvalue weighted by Gasteiger charge is 2.53. The van der Waals surface area contributed by atoms with Crippen LogP contribution in [0.15, 0.2) is 0 Å². The minimum absolute atomic E-state index is 0.0200. The lowest BCUT2D eigenvalue weighted by Gasteiger charge is -2.38. The minimum atomic E-state index is -0.227. The Hall–Kier alpha value is -0.610. The summed E-state index contributed by atoms with van der Waals surface area (Å²) in [6.07, 6.45) is 1.86. The third kappa shape index (κ3) is 1.25. The molecule has 2 saturated heterocycles. The number of hydrogen-bond acceptors (Lipinski definition) is 4. The van der Waals surface area contributed by atoms with Crippen LogP contribution in [0.3, 0.4) is 0 Å². The van der Waals surface area contributed by atoms with Crippen molar-refractivity contribution in [3.63, 3.8) is 0 Å². The van der Waals surface area contributed by atoms with Gasteiger partial charge in [0.1, 0.15) is 0 Å². The zero-order valence-corrected chi connectivity index (χ0v) is 8.88. The van der Waals surface area contributed by atoms with Gasteiger partial charge in [-0.15, -0.1) is 0 Å². The summed E-state index contributed by atoms with van der Waals surface area (Å²) >= 11 is 0. The Balaban J connectivity index is 2.24. The maximum atomic E-state index is 11.8. The molecule has 0 amide bonds. The molecule has 4 heteroatoms. The SMILES string of the molecule is COC(=O)C12CCNCC1N(C)CC2. The standard InChI is InChI=1S/C10H18N2O2/c1-12-6-4-10(9(13)14-2)3-5-11-7-8(10)12/h8,11H,3-7H2,1-2H3. The average Bonchev–Trinajstić information content (AvgIpc) is 2.57. The van der Waals surface area contributed by atoms with Gasteiger partial charge in [-0.3, -0.25) is 4.79 Å². The molecule has 2 unspecified atom stereocenters. The van der Waals surface area contributed by atoms with E-state index in [4.69, 9.17) is 4.74 Å². The van der Waals surface area contributed by atoms with Crippen molar-refractivity contribution in [3.05, 3.63) is 0 Å². The molecule has 2 aliphatic heterocycles. The molecule has 0 aromatic heterocycles. The van der Waals surface area contributed by atoms with Crippen LogP contribution in [-0.4, -0.2) is 50.7 Å². The largest absolute Gasteiger partial charge is 0.469 e. The van der Waals surface area contributed by atoms with Crippen molar-refractivity contribution in [2.75, 3.05) is 33.8 Å². The quantitative estimate of drug-likeness (QED) is 0.595. The summed E-state index contributed by atoms with van der Waals surface area (Å²) in [6.45, 7) is 2.84. The maximum absolute atomic E-state index is 11.8. The van der Waals surface area contributed by atoms with Crippen LogP contribution in [0.4, 0.5) is 0 Å². The molecular formula is C10H18N2O2. The molecule has 2 fully saturated rings. The molecule has 2 atom stereocenters. The lowest BCUT2D eigenvalue weighted by molar-refractivity contribution is -0.155. The van der Waals surface area contributed by atoms with Gasteiger partial charge in [-0.05, 0) is 33.0 Å². The van der Waals surface area contributed by atoms with Crippen LogP contribution in [0.1, 0.15) is 12.8 Å². The molecule has 0 radical (unpaired) electrons. The summed E-state index contributed by atoms with van der Waals surface area (Å²) in [4.78, 5) is 14.1. The first-order valence-electron chi connectivity index (χ1n) is 5.20. The Kier molecular flexibility index (Phi) is 2.49. The Morgan fingerprint density at radius 3 is 3.07 bits per heavy atom. The first-order valence-corrected chi connectivity index (χ1v) is 5.20. The molecule has 0 saturated carbocycles. The van der Waals surface area contributed by atoms with Crippen LogP contribution < -0.4 is 5.32 Å². The van der Waals surface area contributed by atoms with Crippen LogP contribution in [0.25, 0.3) is 0 Å². The lowest BCUT2D eigenvalue weighted by atomic mass is 9.75. The van der Waals surface area contributed by atoms with E-state index in [0.717, 1.165) is 32.5 Å². The Morgan fingerprint density at radius 1 is 1.57 bits per heavy atom. The fourth-order valence-electron chi connectivity index (χ4n) is 2.86. The number of methoxy groups -OCH3 is 1. The predicted octanol–water partition coefficient (Wildman–Crippen LogP) is -0.157. The molecule has 80 valence electrons. The summed E-state index contributed by atoms with van der Waals surface area (Å²) in [5.74, 6) is -0.0200. The number of carbonyl (C=O) groups is 1. The Morgan fingerprint density at radius 2 is 2.36 bits per heavy atom. The van der Waals surface area contributed by atoms with Crippen molar-refractivity contribution in [1.82, 2.24) is 10.2 Å². The van der Waals surface area contributed by atoms with Crippen molar-refractivity contribution in [2.24, 2.45) is 5.41 Å². The molecule has 1 N–H and O–H groups in total. The van der Waals surface area contributed by atoms with E-state index >= 15 is 0 Å². The number of hydrogen-bond donors (Lipinski definition) is 1. The average molecular weight is 198 g/mol. The molecule has 2 heterocycles. The van der Waals surface area contributed by atoms with Crippen LogP contribution in [-0.2, 0) is 9.53 Å². The van der Waals surface area contributed by atoms with Gasteiger partial charge in [0.15, 0.2) is 0 Å². The number of fused-ring (bicyclic) bond motifs is 1. The molecular weight excluding hydrogens is 180 g/mol. The van der Waals surface area contributed by atoms with Gasteiger partial charge in [0.05, 0.1) is 12.5 Å². The summed E-state index contributed by atoms with van der Waals surface area (Å²) in [7, 11) is 3.58. The van der Waals surface area contributed by atoms with E-state index in [-0.39, 0.29) is 11.4 Å². The van der Waals surface area contributed by atoms with Gasteiger partial charge >= 0.3 is 5.97 Å². The molecule has 0 aliphatic carbocycles. The van der Waals surface area contributed by atoms with Crippen molar-refractivity contribution < 1.29 is 9.53 Å². The number of esters is 1. The van der Waals surface area contributed by atoms with E-state index in [9.17, 15) is 4.79 Å². The second-order valence-corrected chi connectivity index (χ2v) is 4.35. The zero-order chi connectivity index (χ0) is 10.2. The monoisotopic (exact) mass is 198 g/mol. The lowest BCUT2D eigenvalue weighted by Crippen LogP contribution is -2.54. The topological polar surface area (TPSA) is 41.6 Å². The van der Waals surface area contributed by atoms with Crippen molar-refractivity contribution in [3.8, 4) is 0 Å². The van der Waals surface area contributed by atoms with E-state index in [1.54, 1.807) is 0 Å². The second-order valence-electron chi connectivity index (χ2n) is 4.35. The highest BCUT2D eigenvalue weighted by Crippen LogP contribution is 2.41. The molecule has 0 aromatic carbocycles. The van der Waals surface area contributed by atoms with Crippen molar-refractivity contribution in [1.29, 1.82) is 0 Å². The smallest absolute Gasteiger partial charge is 0.313 e. The fraction of sp³-hybridized carbons (Fsp3) is 0.900. The number of nitrogens with one attached hydrogen (secondary N) is 1. The van der Waals surface area contributed by atoms with Crippen molar-refractivity contribution in [2.45, 2.75) is 18.9 Å². The fourth-order valence-corrected chi connectivity index (χ4v) is 2.86. The number of piperidine rings is 1. The number of ether oxygens (including phenoxy) is 1. The predicted molar refractivity (Wildman–Crippen MR) is 53.0 cm³/mol. The van der Waals surface area contributed by atoms with E-state index < -0.39 is 0 Å². The van der Waals surface area contributed by atoms with Gasteiger partial charge in [0.2, 0.25) is 0 Å². The molecule has 0 aromatic rings. The van der Waals surface area contributed by atoms with Gasteiger partial charge in [0, 0.05) is 12.6 Å². The van der Waals surface area contributed by atoms with E-state index in [2.05, 4.69) is 17.3 Å². The molecule has 2 rings (SSSR count). The van der Waals surface area contributed by atoms with Gasteiger partial charge in [-0.25, -0.2) is 0 Å². The first kappa shape index (κ1) is 9.93. The van der Waals surface area contributed by atoms with E-state index in [1.807, 2.05) is 0 Å². The van der Waals surface area contributed by atoms with Crippen molar-refractivity contribution >= 4 is 5.97 Å². The van der Waals surface area contributed by atoms with Crippen LogP contribution >= 0.6 is 0 Å². The number of nitrogens with zero attached hydrogens (tertiary/aromatic N) is 1. The highest BCUT2D eigenvalue weighted by atomic mass is 16.5. The number of likely N-dealkylation sites (N-methyl/N-ethyl adjacent to an activating group) is 1. The Bertz CT molecular complexity index is 240. The molecule has 4 nitrogen and oxygen atoms in total. The van der Waals surface area contributed by atoms with Gasteiger partial charge in [-0.1, -0.05) is 0 Å².